The second kappa shape index (κ2) is 7.07. The number of hydrogen-bond acceptors (Lipinski definition) is 5. The first-order chi connectivity index (χ1) is 10.8. The van der Waals surface area contributed by atoms with Crippen LogP contribution in [0.3, 0.4) is 0 Å². The molecule has 0 saturated carbocycles. The molecule has 5 nitrogen and oxygen atoms in total. The summed E-state index contributed by atoms with van der Waals surface area (Å²) >= 11 is 0. The minimum absolute atomic E-state index is 0.000517. The molecule has 0 N–H and O–H groups in total. The first kappa shape index (κ1) is 18.0. The van der Waals surface area contributed by atoms with Gasteiger partial charge in [0.1, 0.15) is 10.6 Å². The van der Waals surface area contributed by atoms with E-state index in [1.165, 1.54) is 19.1 Å². The number of nitrogens with zero attached hydrogens (tertiary/aromatic N) is 1. The monoisotopic (exact) mass is 343 g/mol. The Morgan fingerprint density at radius 2 is 1.83 bits per heavy atom. The Labute approximate surface area is 136 Å². The maximum atomic E-state index is 13.1. The van der Waals surface area contributed by atoms with Crippen LogP contribution in [0.4, 0.5) is 4.39 Å². The molecule has 23 heavy (non-hydrogen) atoms. The summed E-state index contributed by atoms with van der Waals surface area (Å²) in [7, 11) is -2.24. The van der Waals surface area contributed by atoms with Gasteiger partial charge in [0.25, 0.3) is 0 Å². The average Bonchev–Trinajstić information content (AvgIpc) is 2.53. The summed E-state index contributed by atoms with van der Waals surface area (Å²) in [6.07, 6.45) is 0.484. The predicted molar refractivity (Wildman–Crippen MR) is 84.5 cm³/mol. The molecule has 1 aliphatic rings. The summed E-state index contributed by atoms with van der Waals surface area (Å²) in [6, 6.07) is 4.67. The zero-order valence-corrected chi connectivity index (χ0v) is 14.2. The molecular formula is C16H22FNO4S. The normalized spacial score (nSPS) is 18.7. The quantitative estimate of drug-likeness (QED) is 0.735. The third-order valence-corrected chi connectivity index (χ3v) is 7.17. The fraction of sp³-hybridized carbons (Fsp3) is 0.562. The van der Waals surface area contributed by atoms with Crippen molar-refractivity contribution in [1.29, 1.82) is 0 Å². The van der Waals surface area contributed by atoms with Crippen molar-refractivity contribution in [3.05, 3.63) is 30.1 Å². The van der Waals surface area contributed by atoms with E-state index in [1.807, 2.05) is 0 Å². The summed E-state index contributed by atoms with van der Waals surface area (Å²) in [4.78, 5) is 14.3. The van der Waals surface area contributed by atoms with Crippen molar-refractivity contribution in [1.82, 2.24) is 4.90 Å². The largest absolute Gasteiger partial charge is 0.383 e. The Hall–Kier alpha value is -1.31. The number of carbonyl (C=O) groups excluding carboxylic acids is 1. The van der Waals surface area contributed by atoms with Crippen molar-refractivity contribution in [3.63, 3.8) is 0 Å². The van der Waals surface area contributed by atoms with Crippen molar-refractivity contribution in [2.75, 3.05) is 33.4 Å². The molecule has 1 saturated heterocycles. The van der Waals surface area contributed by atoms with E-state index in [-0.39, 0.29) is 23.5 Å². The first-order valence-corrected chi connectivity index (χ1v) is 9.04. The number of carbonyl (C=O) groups is 1. The molecule has 1 fully saturated rings. The van der Waals surface area contributed by atoms with Gasteiger partial charge in [-0.3, -0.25) is 4.79 Å². The maximum Gasteiger partial charge on any atom is 0.191 e. The molecule has 0 atom stereocenters. The average molecular weight is 343 g/mol. The van der Waals surface area contributed by atoms with Crippen molar-refractivity contribution >= 4 is 15.6 Å². The lowest BCUT2D eigenvalue weighted by Crippen LogP contribution is -2.53. The maximum absolute atomic E-state index is 13.1. The predicted octanol–water partition coefficient (Wildman–Crippen LogP) is 1.67. The number of rotatable bonds is 6. The van der Waals surface area contributed by atoms with Crippen LogP contribution in [0, 0.1) is 5.82 Å². The van der Waals surface area contributed by atoms with E-state index in [4.69, 9.17) is 4.74 Å². The molecule has 0 amide bonds. The van der Waals surface area contributed by atoms with Gasteiger partial charge in [-0.1, -0.05) is 0 Å². The number of hydrogen-bond donors (Lipinski definition) is 0. The van der Waals surface area contributed by atoms with Gasteiger partial charge >= 0.3 is 0 Å². The van der Waals surface area contributed by atoms with Crippen LogP contribution in [0.25, 0.3) is 0 Å². The highest BCUT2D eigenvalue weighted by Crippen LogP contribution is 2.36. The first-order valence-electron chi connectivity index (χ1n) is 7.56. The smallest absolute Gasteiger partial charge is 0.191 e. The van der Waals surface area contributed by atoms with Gasteiger partial charge in [0.15, 0.2) is 15.6 Å². The van der Waals surface area contributed by atoms with Gasteiger partial charge in [-0.25, -0.2) is 12.8 Å². The zero-order valence-electron chi connectivity index (χ0n) is 13.4. The molecule has 1 aromatic carbocycles. The topological polar surface area (TPSA) is 63.7 Å². The number of piperidine rings is 1. The van der Waals surface area contributed by atoms with Gasteiger partial charge in [-0.05, 0) is 44.0 Å². The van der Waals surface area contributed by atoms with Crippen molar-refractivity contribution in [2.45, 2.75) is 29.4 Å². The number of methoxy groups -OCH3 is 1. The number of benzene rings is 1. The summed E-state index contributed by atoms with van der Waals surface area (Å²) < 4.78 is 42.7. The zero-order chi connectivity index (χ0) is 17.1. The number of likely N-dealkylation sites (tertiary alicyclic amines) is 1. The van der Waals surface area contributed by atoms with Gasteiger partial charge in [-0.2, -0.15) is 0 Å². The summed E-state index contributed by atoms with van der Waals surface area (Å²) in [5, 5.41) is 0. The Bertz CT molecular complexity index is 649. The highest BCUT2D eigenvalue weighted by atomic mass is 32.2. The van der Waals surface area contributed by atoms with Gasteiger partial charge in [0.2, 0.25) is 0 Å². The van der Waals surface area contributed by atoms with Gasteiger partial charge in [-0.15, -0.1) is 0 Å². The van der Waals surface area contributed by atoms with Crippen LogP contribution in [0.15, 0.2) is 29.2 Å². The number of halogens is 1. The molecule has 1 heterocycles. The molecule has 2 rings (SSSR count). The third kappa shape index (κ3) is 3.46. The molecule has 0 aliphatic carbocycles. The van der Waals surface area contributed by atoms with Gasteiger partial charge < -0.3 is 9.64 Å². The SMILES string of the molecule is COCCN1CCC(C(C)=O)(S(=O)(=O)c2ccc(F)cc2)CC1. The van der Waals surface area contributed by atoms with Crippen LogP contribution < -0.4 is 0 Å². The van der Waals surface area contributed by atoms with Crippen LogP contribution in [0.5, 0.6) is 0 Å². The lowest BCUT2D eigenvalue weighted by molar-refractivity contribution is -0.120. The summed E-state index contributed by atoms with van der Waals surface area (Å²) in [5.41, 5.74) is 0. The highest BCUT2D eigenvalue weighted by Gasteiger charge is 2.50. The Kier molecular flexibility index (Phi) is 5.54. The Morgan fingerprint density at radius 1 is 1.26 bits per heavy atom. The summed E-state index contributed by atoms with van der Waals surface area (Å²) in [5.74, 6) is -0.858. The standard InChI is InChI=1S/C16H22FNO4S/c1-13(19)16(7-9-18(10-8-16)11-12-22-2)23(20,21)15-5-3-14(17)4-6-15/h3-6H,7-12H2,1-2H3. The molecule has 0 aromatic heterocycles. The second-order valence-corrected chi connectivity index (χ2v) is 8.10. The molecule has 1 aliphatic heterocycles. The Morgan fingerprint density at radius 3 is 2.30 bits per heavy atom. The van der Waals surface area contributed by atoms with E-state index in [1.54, 1.807) is 7.11 Å². The molecule has 0 spiro atoms. The lowest BCUT2D eigenvalue weighted by atomic mass is 9.92. The van der Waals surface area contributed by atoms with Gasteiger partial charge in [0, 0.05) is 26.7 Å². The van der Waals surface area contributed by atoms with E-state index in [9.17, 15) is 17.6 Å². The van der Waals surface area contributed by atoms with E-state index < -0.39 is 20.4 Å². The third-order valence-electron chi connectivity index (χ3n) is 4.56. The van der Waals surface area contributed by atoms with Crippen LogP contribution in [-0.4, -0.2) is 57.2 Å². The molecule has 0 unspecified atom stereocenters. The van der Waals surface area contributed by atoms with Crippen LogP contribution in [-0.2, 0) is 19.4 Å². The van der Waals surface area contributed by atoms with Gasteiger partial charge in [0.05, 0.1) is 11.5 Å². The fourth-order valence-corrected chi connectivity index (χ4v) is 5.05. The van der Waals surface area contributed by atoms with Crippen LogP contribution >= 0.6 is 0 Å². The van der Waals surface area contributed by atoms with E-state index in [0.29, 0.717) is 26.2 Å². The Balaban J connectivity index is 2.28. The molecular weight excluding hydrogens is 321 g/mol. The van der Waals surface area contributed by atoms with E-state index in [0.717, 1.165) is 12.1 Å². The van der Waals surface area contributed by atoms with E-state index in [2.05, 4.69) is 4.90 Å². The number of ketones is 1. The molecule has 1 aromatic rings. The van der Waals surface area contributed by atoms with Crippen LogP contribution in [0.1, 0.15) is 19.8 Å². The van der Waals surface area contributed by atoms with Crippen molar-refractivity contribution in [3.8, 4) is 0 Å². The molecule has 0 bridgehead atoms. The van der Waals surface area contributed by atoms with Crippen molar-refractivity contribution in [2.24, 2.45) is 0 Å². The second-order valence-electron chi connectivity index (χ2n) is 5.84. The molecule has 128 valence electrons. The number of ether oxygens (including phenoxy) is 1. The minimum Gasteiger partial charge on any atom is -0.383 e. The fourth-order valence-electron chi connectivity index (χ4n) is 3.01. The molecule has 0 radical (unpaired) electrons. The van der Waals surface area contributed by atoms with E-state index >= 15 is 0 Å². The molecule has 7 heteroatoms. The minimum atomic E-state index is -3.86. The lowest BCUT2D eigenvalue weighted by Gasteiger charge is -2.39. The summed E-state index contributed by atoms with van der Waals surface area (Å²) in [6.45, 7) is 3.64. The number of sulfone groups is 1. The van der Waals surface area contributed by atoms with Crippen molar-refractivity contribution < 1.29 is 22.3 Å². The van der Waals surface area contributed by atoms with Crippen LogP contribution in [0.2, 0.25) is 0 Å². The number of Topliss-reactive ketones (excluding diaryl/α,β-unsaturated/α-hetero) is 1. The highest BCUT2D eigenvalue weighted by molar-refractivity contribution is 7.93.